The second-order valence-electron chi connectivity index (χ2n) is 5.03. The monoisotopic (exact) mass is 210 g/mol. The van der Waals surface area contributed by atoms with Crippen LogP contribution in [0.2, 0.25) is 0 Å². The highest BCUT2D eigenvalue weighted by Crippen LogP contribution is 2.16. The van der Waals surface area contributed by atoms with Crippen LogP contribution in [0, 0.1) is 5.92 Å². The molecule has 86 valence electrons. The van der Waals surface area contributed by atoms with Gasteiger partial charge in [0.05, 0.1) is 0 Å². The third-order valence-corrected chi connectivity index (χ3v) is 3.60. The molecule has 2 fully saturated rings. The third-order valence-electron chi connectivity index (χ3n) is 3.60. The van der Waals surface area contributed by atoms with Gasteiger partial charge in [0.15, 0.2) is 0 Å². The van der Waals surface area contributed by atoms with E-state index >= 15 is 0 Å². The molecule has 1 atom stereocenters. The zero-order chi connectivity index (χ0) is 10.7. The van der Waals surface area contributed by atoms with Gasteiger partial charge in [-0.2, -0.15) is 0 Å². The summed E-state index contributed by atoms with van der Waals surface area (Å²) >= 11 is 0. The molecule has 3 heteroatoms. The molecule has 0 saturated carbocycles. The Morgan fingerprint density at radius 3 is 2.80 bits per heavy atom. The Morgan fingerprint density at radius 1 is 1.27 bits per heavy atom. The fraction of sp³-hybridized carbons (Fsp3) is 0.917. The number of carbonyl (C=O) groups excluding carboxylic acids is 1. The molecule has 0 radical (unpaired) electrons. The molecule has 2 rings (SSSR count). The van der Waals surface area contributed by atoms with Gasteiger partial charge in [0, 0.05) is 32.6 Å². The summed E-state index contributed by atoms with van der Waals surface area (Å²) in [4.78, 5) is 16.0. The second-order valence-corrected chi connectivity index (χ2v) is 5.03. The zero-order valence-electron chi connectivity index (χ0n) is 9.74. The van der Waals surface area contributed by atoms with Crippen LogP contribution in [0.1, 0.15) is 32.6 Å². The Hall–Kier alpha value is -0.570. The van der Waals surface area contributed by atoms with Gasteiger partial charge in [-0.25, -0.2) is 0 Å². The van der Waals surface area contributed by atoms with Crippen LogP contribution in [0.25, 0.3) is 0 Å². The molecular formula is C12H22N2O. The molecule has 0 aromatic carbocycles. The maximum Gasteiger partial charge on any atom is 0.222 e. The van der Waals surface area contributed by atoms with E-state index in [2.05, 4.69) is 11.8 Å². The number of hydrogen-bond donors (Lipinski definition) is 0. The number of rotatable bonds is 3. The summed E-state index contributed by atoms with van der Waals surface area (Å²) in [7, 11) is 0. The highest BCUT2D eigenvalue weighted by Gasteiger charge is 2.21. The van der Waals surface area contributed by atoms with E-state index in [9.17, 15) is 4.79 Å². The molecule has 0 aromatic rings. The van der Waals surface area contributed by atoms with Crippen molar-refractivity contribution in [1.82, 2.24) is 9.80 Å². The van der Waals surface area contributed by atoms with Crippen LogP contribution in [-0.2, 0) is 4.79 Å². The maximum atomic E-state index is 11.4. The summed E-state index contributed by atoms with van der Waals surface area (Å²) in [5.74, 6) is 1.20. The van der Waals surface area contributed by atoms with Gasteiger partial charge in [0.1, 0.15) is 0 Å². The van der Waals surface area contributed by atoms with Crippen LogP contribution in [0.4, 0.5) is 0 Å². The van der Waals surface area contributed by atoms with E-state index < -0.39 is 0 Å². The van der Waals surface area contributed by atoms with Gasteiger partial charge in [-0.1, -0.05) is 6.92 Å². The van der Waals surface area contributed by atoms with Gasteiger partial charge >= 0.3 is 0 Å². The van der Waals surface area contributed by atoms with E-state index in [1.54, 1.807) is 0 Å². The predicted molar refractivity (Wildman–Crippen MR) is 60.7 cm³/mol. The van der Waals surface area contributed by atoms with E-state index in [-0.39, 0.29) is 0 Å². The molecule has 0 bridgehead atoms. The van der Waals surface area contributed by atoms with Crippen molar-refractivity contribution in [2.24, 2.45) is 5.92 Å². The second kappa shape index (κ2) is 4.97. The molecule has 2 saturated heterocycles. The first-order valence-corrected chi connectivity index (χ1v) is 6.26. The number of piperidine rings is 1. The summed E-state index contributed by atoms with van der Waals surface area (Å²) in [6.45, 7) is 7.80. The van der Waals surface area contributed by atoms with Gasteiger partial charge in [0.25, 0.3) is 0 Å². The molecule has 0 aromatic heterocycles. The molecule has 15 heavy (non-hydrogen) atoms. The molecule has 2 aliphatic rings. The topological polar surface area (TPSA) is 23.6 Å². The molecule has 1 unspecified atom stereocenters. The normalized spacial score (nSPS) is 28.7. The summed E-state index contributed by atoms with van der Waals surface area (Å²) in [6, 6.07) is 0. The fourth-order valence-electron chi connectivity index (χ4n) is 2.69. The molecule has 1 amide bonds. The SMILES string of the molecule is CC1CCCN(CCN2CCCC2=O)C1. The van der Waals surface area contributed by atoms with Crippen molar-refractivity contribution in [2.45, 2.75) is 32.6 Å². The number of nitrogens with zero attached hydrogens (tertiary/aromatic N) is 2. The van der Waals surface area contributed by atoms with Crippen molar-refractivity contribution in [1.29, 1.82) is 0 Å². The van der Waals surface area contributed by atoms with Crippen LogP contribution in [0.5, 0.6) is 0 Å². The van der Waals surface area contributed by atoms with Gasteiger partial charge in [-0.3, -0.25) is 4.79 Å². The summed E-state index contributed by atoms with van der Waals surface area (Å²) in [5.41, 5.74) is 0. The maximum absolute atomic E-state index is 11.4. The molecule has 2 aliphatic heterocycles. The number of likely N-dealkylation sites (tertiary alicyclic amines) is 2. The van der Waals surface area contributed by atoms with E-state index in [0.717, 1.165) is 38.4 Å². The highest BCUT2D eigenvalue weighted by atomic mass is 16.2. The first-order chi connectivity index (χ1) is 7.25. The van der Waals surface area contributed by atoms with Crippen molar-refractivity contribution in [3.8, 4) is 0 Å². The smallest absolute Gasteiger partial charge is 0.222 e. The molecule has 2 heterocycles. The number of hydrogen-bond acceptors (Lipinski definition) is 2. The van der Waals surface area contributed by atoms with Crippen LogP contribution >= 0.6 is 0 Å². The van der Waals surface area contributed by atoms with Gasteiger partial charge in [-0.15, -0.1) is 0 Å². The fourth-order valence-corrected chi connectivity index (χ4v) is 2.69. The lowest BCUT2D eigenvalue weighted by Crippen LogP contribution is -2.40. The zero-order valence-corrected chi connectivity index (χ0v) is 9.74. The largest absolute Gasteiger partial charge is 0.341 e. The van der Waals surface area contributed by atoms with E-state index in [1.807, 2.05) is 4.90 Å². The van der Waals surface area contributed by atoms with Crippen molar-refractivity contribution < 1.29 is 4.79 Å². The summed E-state index contributed by atoms with van der Waals surface area (Å²) in [5, 5.41) is 0. The lowest BCUT2D eigenvalue weighted by atomic mass is 10.0. The van der Waals surface area contributed by atoms with E-state index in [4.69, 9.17) is 0 Å². The van der Waals surface area contributed by atoms with E-state index in [0.29, 0.717) is 5.91 Å². The van der Waals surface area contributed by atoms with Gasteiger partial charge in [-0.05, 0) is 31.7 Å². The lowest BCUT2D eigenvalue weighted by molar-refractivity contribution is -0.127. The molecule has 0 spiro atoms. The van der Waals surface area contributed by atoms with Crippen molar-refractivity contribution in [3.05, 3.63) is 0 Å². The van der Waals surface area contributed by atoms with Gasteiger partial charge in [0.2, 0.25) is 5.91 Å². The Bertz CT molecular complexity index is 230. The standard InChI is InChI=1S/C12H22N2O/c1-11-4-2-6-13(10-11)8-9-14-7-3-5-12(14)15/h11H,2-10H2,1H3. The molecule has 0 aliphatic carbocycles. The van der Waals surface area contributed by atoms with Crippen molar-refractivity contribution in [3.63, 3.8) is 0 Å². The van der Waals surface area contributed by atoms with Crippen LogP contribution in [-0.4, -0.2) is 48.4 Å². The van der Waals surface area contributed by atoms with Crippen LogP contribution in [0.3, 0.4) is 0 Å². The minimum absolute atomic E-state index is 0.361. The molecular weight excluding hydrogens is 188 g/mol. The van der Waals surface area contributed by atoms with Crippen LogP contribution in [0.15, 0.2) is 0 Å². The predicted octanol–water partition coefficient (Wildman–Crippen LogP) is 1.34. The minimum Gasteiger partial charge on any atom is -0.341 e. The summed E-state index contributed by atoms with van der Waals surface area (Å²) < 4.78 is 0. The van der Waals surface area contributed by atoms with Gasteiger partial charge < -0.3 is 9.80 Å². The van der Waals surface area contributed by atoms with Crippen LogP contribution < -0.4 is 0 Å². The Balaban J connectivity index is 1.70. The van der Waals surface area contributed by atoms with E-state index in [1.165, 1.54) is 25.9 Å². The quantitative estimate of drug-likeness (QED) is 0.702. The first-order valence-electron chi connectivity index (χ1n) is 6.26. The molecule has 0 N–H and O–H groups in total. The molecule has 3 nitrogen and oxygen atoms in total. The minimum atomic E-state index is 0.361. The highest BCUT2D eigenvalue weighted by molar-refractivity contribution is 5.78. The van der Waals surface area contributed by atoms with Crippen molar-refractivity contribution in [2.75, 3.05) is 32.7 Å². The average Bonchev–Trinajstić information content (AvgIpc) is 2.61. The Labute approximate surface area is 92.4 Å². The first kappa shape index (κ1) is 10.9. The third kappa shape index (κ3) is 2.94. The van der Waals surface area contributed by atoms with Crippen molar-refractivity contribution >= 4 is 5.91 Å². The summed E-state index contributed by atoms with van der Waals surface area (Å²) in [6.07, 6.45) is 4.54. The number of amides is 1. The Morgan fingerprint density at radius 2 is 2.13 bits per heavy atom. The average molecular weight is 210 g/mol. The number of carbonyl (C=O) groups is 1. The lowest BCUT2D eigenvalue weighted by Gasteiger charge is -2.32. The Kier molecular flexibility index (Phi) is 3.62.